The molecule has 1 aromatic heterocycles. The second-order valence-corrected chi connectivity index (χ2v) is 9.22. The normalized spacial score (nSPS) is 17.3. The number of rotatable bonds is 5. The van der Waals surface area contributed by atoms with E-state index in [1.807, 2.05) is 50.5 Å². The third-order valence-corrected chi connectivity index (χ3v) is 6.04. The van der Waals surface area contributed by atoms with E-state index in [9.17, 15) is 0 Å². The van der Waals surface area contributed by atoms with Crippen LogP contribution in [0.2, 0.25) is 0 Å². The third-order valence-electron chi connectivity index (χ3n) is 5.07. The second-order valence-electron chi connectivity index (χ2n) is 8.43. The molecule has 6 heteroatoms. The van der Waals surface area contributed by atoms with Crippen molar-refractivity contribution in [1.29, 1.82) is 0 Å². The molecule has 4 rings (SSSR count). The molecule has 0 aliphatic carbocycles. The number of pyridine rings is 1. The highest BCUT2D eigenvalue weighted by atomic mass is 79.9. The fraction of sp³-hybridized carbons (Fsp3) is 0.185. The highest BCUT2D eigenvalue weighted by molar-refractivity contribution is 9.10. The van der Waals surface area contributed by atoms with Gasteiger partial charge in [-0.3, -0.25) is 4.98 Å². The van der Waals surface area contributed by atoms with Crippen LogP contribution in [0, 0.1) is 0 Å². The van der Waals surface area contributed by atoms with Crippen molar-refractivity contribution < 1.29 is 4.58 Å². The third kappa shape index (κ3) is 5.59. The summed E-state index contributed by atoms with van der Waals surface area (Å²) >= 11 is 3.83. The average Bonchev–Trinajstić information content (AvgIpc) is 2.82. The van der Waals surface area contributed by atoms with Crippen LogP contribution in [0.15, 0.2) is 89.0 Å². The molecule has 0 N–H and O–H groups in total. The molecule has 0 atom stereocenters. The van der Waals surface area contributed by atoms with E-state index in [1.165, 1.54) is 5.56 Å². The van der Waals surface area contributed by atoms with E-state index in [4.69, 9.17) is 5.32 Å². The molecule has 33 heavy (non-hydrogen) atoms. The number of hydrogen-bond acceptors (Lipinski definition) is 2. The van der Waals surface area contributed by atoms with Gasteiger partial charge >= 0.3 is 0 Å². The number of nitrogens with zero attached hydrogens (tertiary/aromatic N) is 5. The van der Waals surface area contributed by atoms with E-state index in [-0.39, 0.29) is 0 Å². The lowest BCUT2D eigenvalue weighted by atomic mass is 9.95. The molecule has 2 aliphatic heterocycles. The van der Waals surface area contributed by atoms with Gasteiger partial charge in [-0.15, -0.1) is 5.70 Å². The summed E-state index contributed by atoms with van der Waals surface area (Å²) < 4.78 is 3.17. The molecule has 0 saturated carbocycles. The first-order valence-electron chi connectivity index (χ1n) is 10.7. The minimum atomic E-state index is 0.823. The van der Waals surface area contributed by atoms with Crippen molar-refractivity contribution in [2.24, 2.45) is 0 Å². The Morgan fingerprint density at radius 2 is 1.94 bits per heavy atom. The SMILES string of the molecule is CN(C)Cc1cc(C2=CC(=C3C=CC=C[N-]3)[N-]C(c3ccccn3)=C2)cc(C=[N+](C)C)c1Br. The largest absolute Gasteiger partial charge is 0.665 e. The standard InChI is InChI=1S/C27H27BrN5/c1-32(2)17-21-13-19(14-22(27(21)28)18-33(3)4)20-15-25(23-9-5-7-11-29-23)31-26(16-20)24-10-6-8-12-30-24/h5-17H,18H2,1-4H3/q-1. The summed E-state index contributed by atoms with van der Waals surface area (Å²) in [5, 5.41) is 9.44. The van der Waals surface area contributed by atoms with E-state index < -0.39 is 0 Å². The maximum absolute atomic E-state index is 4.90. The molecule has 0 amide bonds. The van der Waals surface area contributed by atoms with Crippen LogP contribution in [0.5, 0.6) is 0 Å². The van der Waals surface area contributed by atoms with Crippen LogP contribution < -0.4 is 0 Å². The fourth-order valence-corrected chi connectivity index (χ4v) is 4.15. The highest BCUT2D eigenvalue weighted by Crippen LogP contribution is 2.39. The summed E-state index contributed by atoms with van der Waals surface area (Å²) in [6, 6.07) is 10.3. The number of hydrogen-bond donors (Lipinski definition) is 0. The number of benzene rings is 1. The lowest BCUT2D eigenvalue weighted by Crippen LogP contribution is -2.13. The minimum Gasteiger partial charge on any atom is -0.665 e. The summed E-state index contributed by atoms with van der Waals surface area (Å²) in [4.78, 5) is 6.71. The van der Waals surface area contributed by atoms with Gasteiger partial charge in [0, 0.05) is 22.9 Å². The highest BCUT2D eigenvalue weighted by Gasteiger charge is 2.14. The van der Waals surface area contributed by atoms with Gasteiger partial charge in [0.1, 0.15) is 14.1 Å². The molecule has 0 saturated heterocycles. The van der Waals surface area contributed by atoms with E-state index in [0.717, 1.165) is 50.5 Å². The van der Waals surface area contributed by atoms with Crippen molar-refractivity contribution >= 4 is 33.4 Å². The van der Waals surface area contributed by atoms with Gasteiger partial charge in [-0.2, -0.15) is 17.6 Å². The van der Waals surface area contributed by atoms with E-state index in [0.29, 0.717) is 0 Å². The van der Waals surface area contributed by atoms with Crippen molar-refractivity contribution in [3.05, 3.63) is 122 Å². The molecule has 1 aromatic carbocycles. The van der Waals surface area contributed by atoms with Gasteiger partial charge in [0.25, 0.3) is 0 Å². The average molecular weight is 501 g/mol. The topological polar surface area (TPSA) is 47.3 Å². The molecule has 0 radical (unpaired) electrons. The van der Waals surface area contributed by atoms with Crippen molar-refractivity contribution in [2.75, 3.05) is 28.2 Å². The van der Waals surface area contributed by atoms with Gasteiger partial charge in [0.15, 0.2) is 6.21 Å². The summed E-state index contributed by atoms with van der Waals surface area (Å²) in [5.41, 5.74) is 7.87. The van der Waals surface area contributed by atoms with Crippen LogP contribution in [0.1, 0.15) is 22.4 Å². The molecule has 2 aliphatic rings. The maximum Gasteiger partial charge on any atom is 0.171 e. The molecule has 0 bridgehead atoms. The fourth-order valence-electron chi connectivity index (χ4n) is 3.69. The first kappa shape index (κ1) is 23.0. The summed E-state index contributed by atoms with van der Waals surface area (Å²) in [6.45, 7) is 0.827. The van der Waals surface area contributed by atoms with Gasteiger partial charge in [0.2, 0.25) is 0 Å². The van der Waals surface area contributed by atoms with Crippen molar-refractivity contribution in [3.63, 3.8) is 0 Å². The summed E-state index contributed by atoms with van der Waals surface area (Å²) in [6.07, 6.45) is 15.8. The Kier molecular flexibility index (Phi) is 7.06. The molecular weight excluding hydrogens is 474 g/mol. The predicted octanol–water partition coefficient (Wildman–Crippen LogP) is 6.08. The zero-order valence-electron chi connectivity index (χ0n) is 19.3. The van der Waals surface area contributed by atoms with Crippen LogP contribution in [0.3, 0.4) is 0 Å². The summed E-state index contributed by atoms with van der Waals surface area (Å²) in [5.74, 6) is 0. The Hall–Kier alpha value is -3.22. The molecule has 0 spiro atoms. The maximum atomic E-state index is 4.90. The number of halogens is 1. The van der Waals surface area contributed by atoms with Crippen LogP contribution in [-0.4, -0.2) is 48.9 Å². The number of allylic oxidation sites excluding steroid dienone is 6. The molecule has 168 valence electrons. The Labute approximate surface area is 204 Å². The molecule has 0 fully saturated rings. The van der Waals surface area contributed by atoms with E-state index in [1.54, 1.807) is 12.4 Å². The van der Waals surface area contributed by atoms with E-state index in [2.05, 4.69) is 80.3 Å². The van der Waals surface area contributed by atoms with Gasteiger partial charge in [-0.1, -0.05) is 36.4 Å². The van der Waals surface area contributed by atoms with Gasteiger partial charge in [0.05, 0.1) is 5.56 Å². The zero-order valence-corrected chi connectivity index (χ0v) is 20.9. The van der Waals surface area contributed by atoms with Crippen molar-refractivity contribution in [1.82, 2.24) is 9.88 Å². The number of aromatic nitrogens is 1. The zero-order chi connectivity index (χ0) is 23.4. The van der Waals surface area contributed by atoms with Crippen molar-refractivity contribution in [3.8, 4) is 0 Å². The lowest BCUT2D eigenvalue weighted by molar-refractivity contribution is -0.458. The van der Waals surface area contributed by atoms with Crippen molar-refractivity contribution in [2.45, 2.75) is 6.54 Å². The smallest absolute Gasteiger partial charge is 0.171 e. The minimum absolute atomic E-state index is 0.823. The Morgan fingerprint density at radius 1 is 1.09 bits per heavy atom. The van der Waals surface area contributed by atoms with Crippen LogP contribution in [0.25, 0.3) is 21.9 Å². The molecule has 3 heterocycles. The molecule has 5 nitrogen and oxygen atoms in total. The van der Waals surface area contributed by atoms with Gasteiger partial charge in [-0.25, -0.2) is 4.58 Å². The second kappa shape index (κ2) is 10.1. The molecule has 2 aromatic rings. The van der Waals surface area contributed by atoms with Gasteiger partial charge in [-0.05, 0) is 71.0 Å². The Balaban J connectivity index is 1.89. The monoisotopic (exact) mass is 500 g/mol. The molecule has 0 unspecified atom stereocenters. The van der Waals surface area contributed by atoms with Crippen LogP contribution in [-0.2, 0) is 6.54 Å². The first-order chi connectivity index (χ1) is 15.9. The lowest BCUT2D eigenvalue weighted by Gasteiger charge is -2.38. The quantitative estimate of drug-likeness (QED) is 0.369. The van der Waals surface area contributed by atoms with Crippen LogP contribution >= 0.6 is 15.9 Å². The Bertz CT molecular complexity index is 1230. The van der Waals surface area contributed by atoms with Gasteiger partial charge < -0.3 is 15.5 Å². The Morgan fingerprint density at radius 3 is 2.61 bits per heavy atom. The molecular formula is C27H27BrN5-. The predicted molar refractivity (Wildman–Crippen MR) is 141 cm³/mol. The van der Waals surface area contributed by atoms with E-state index >= 15 is 0 Å². The first-order valence-corrected chi connectivity index (χ1v) is 11.5. The summed E-state index contributed by atoms with van der Waals surface area (Å²) in [7, 11) is 8.24. The van der Waals surface area contributed by atoms with Crippen LogP contribution in [0.4, 0.5) is 0 Å².